The van der Waals surface area contributed by atoms with Gasteiger partial charge in [0.25, 0.3) is 30.3 Å². The van der Waals surface area contributed by atoms with Crippen molar-refractivity contribution in [2.24, 2.45) is 0 Å². The predicted octanol–water partition coefficient (Wildman–Crippen LogP) is 4.41. The zero-order chi connectivity index (χ0) is 27.5. The summed E-state index contributed by atoms with van der Waals surface area (Å²) in [6, 6.07) is 9.15. The number of anilines is 1. The minimum atomic E-state index is -2.61. The highest BCUT2D eigenvalue weighted by molar-refractivity contribution is 6.90. The van der Waals surface area contributed by atoms with E-state index in [1.54, 1.807) is 18.2 Å². The van der Waals surface area contributed by atoms with Gasteiger partial charge >= 0.3 is 15.4 Å². The molecule has 6 nitrogen and oxygen atoms in total. The second-order valence-corrected chi connectivity index (χ2v) is 23.6. The molecule has 0 aliphatic heterocycles. The predicted molar refractivity (Wildman–Crippen MR) is 153 cm³/mol. The fraction of sp³-hybridized carbons (Fsp3) is 0.591. The molecule has 4 atom stereocenters. The second kappa shape index (κ2) is 16.2. The van der Waals surface area contributed by atoms with E-state index in [2.05, 4.69) is 26.6 Å². The number of nitrogens with zero attached hydrogens (tertiary/aromatic N) is 1. The minimum Gasteiger partial charge on any atom is -0.441 e. The van der Waals surface area contributed by atoms with E-state index in [9.17, 15) is 18.0 Å². The van der Waals surface area contributed by atoms with Gasteiger partial charge in [-0.15, -0.1) is 0 Å². The smallest absolute Gasteiger partial charge is 0.311 e. The molecule has 0 aromatic heterocycles. The van der Waals surface area contributed by atoms with Gasteiger partial charge in [0, 0.05) is 19.3 Å². The molecular weight excluding hydrogens is 556 g/mol. The Labute approximate surface area is 222 Å². The van der Waals surface area contributed by atoms with Crippen LogP contribution in [0.5, 0.6) is 0 Å². The van der Waals surface area contributed by atoms with Gasteiger partial charge in [0.1, 0.15) is 0 Å². The lowest BCUT2D eigenvalue weighted by Gasteiger charge is -2.27. The molecule has 0 fully saturated rings. The Kier molecular flexibility index (Phi) is 14.9. The van der Waals surface area contributed by atoms with E-state index in [0.29, 0.717) is 5.69 Å². The van der Waals surface area contributed by atoms with Gasteiger partial charge in [-0.05, 0) is 50.8 Å². The lowest BCUT2D eigenvalue weighted by atomic mass is 10.3. The summed E-state index contributed by atoms with van der Waals surface area (Å²) < 4.78 is 62.7. The van der Waals surface area contributed by atoms with Crippen LogP contribution >= 0.6 is 0 Å². The molecule has 0 aliphatic rings. The SMILES string of the molecule is CCCCO[SiH](C)O[SiH](C)O[SiH](C)O[SiH](C)CC[Si](C)(C)c1cccc(N(C)C(=O)C(F)=C(F)F)c1. The van der Waals surface area contributed by atoms with Crippen LogP contribution in [0.25, 0.3) is 0 Å². The maximum absolute atomic E-state index is 13.4. The Balaban J connectivity index is 2.62. The van der Waals surface area contributed by atoms with Crippen molar-refractivity contribution in [1.29, 1.82) is 0 Å². The van der Waals surface area contributed by atoms with Gasteiger partial charge in [-0.3, -0.25) is 4.79 Å². The molecule has 1 aromatic carbocycles. The molecule has 1 amide bonds. The largest absolute Gasteiger partial charge is 0.441 e. The molecule has 0 heterocycles. The lowest BCUT2D eigenvalue weighted by molar-refractivity contribution is -0.116. The molecular formula is C22H42F3NO5Si5. The molecule has 1 aromatic rings. The van der Waals surface area contributed by atoms with Gasteiger partial charge in [-0.25, -0.2) is 0 Å². The standard InChI is InChI=1S/C22H42F3NO5Si5/c1-9-10-14-28-33(4)30-35(6)31-34(5)29-32(3)15-16-36(7,8)19-13-11-12-18(17-19)26(2)22(27)20(23)21(24)25/h11-13,17,32-35H,9-10,14-16H2,1-8H3. The first-order chi connectivity index (χ1) is 16.8. The topological polar surface area (TPSA) is 57.2 Å². The van der Waals surface area contributed by atoms with Crippen LogP contribution in [0.1, 0.15) is 19.8 Å². The number of benzene rings is 1. The van der Waals surface area contributed by atoms with Crippen LogP contribution in [0.15, 0.2) is 36.2 Å². The van der Waals surface area contributed by atoms with Crippen molar-refractivity contribution < 1.29 is 34.7 Å². The highest BCUT2D eigenvalue weighted by atomic mass is 28.4. The van der Waals surface area contributed by atoms with Gasteiger partial charge in [0.2, 0.25) is 0 Å². The number of carbonyl (C=O) groups is 1. The van der Waals surface area contributed by atoms with Crippen LogP contribution in [0.2, 0.25) is 51.4 Å². The van der Waals surface area contributed by atoms with Gasteiger partial charge in [0.05, 0.1) is 8.07 Å². The third-order valence-corrected chi connectivity index (χ3v) is 21.2. The van der Waals surface area contributed by atoms with Crippen LogP contribution in [0, 0.1) is 0 Å². The van der Waals surface area contributed by atoms with E-state index >= 15 is 0 Å². The number of hydrogen-bond acceptors (Lipinski definition) is 5. The monoisotopic (exact) mass is 597 g/mol. The van der Waals surface area contributed by atoms with Crippen molar-refractivity contribution in [3.05, 3.63) is 36.2 Å². The first-order valence-corrected chi connectivity index (χ1v) is 24.4. The number of amides is 1. The average Bonchev–Trinajstić information content (AvgIpc) is 2.81. The molecule has 14 heteroatoms. The lowest BCUT2D eigenvalue weighted by Crippen LogP contribution is -2.43. The highest BCUT2D eigenvalue weighted by Gasteiger charge is 2.28. The van der Waals surface area contributed by atoms with Crippen LogP contribution in [-0.4, -0.2) is 64.5 Å². The zero-order valence-corrected chi connectivity index (χ0v) is 28.4. The van der Waals surface area contributed by atoms with Gasteiger partial charge in [-0.2, -0.15) is 13.2 Å². The zero-order valence-electron chi connectivity index (χ0n) is 22.8. The summed E-state index contributed by atoms with van der Waals surface area (Å²) >= 11 is 0. The summed E-state index contributed by atoms with van der Waals surface area (Å²) in [6.45, 7) is 15.6. The van der Waals surface area contributed by atoms with Crippen molar-refractivity contribution in [3.63, 3.8) is 0 Å². The Morgan fingerprint density at radius 1 is 1.00 bits per heavy atom. The summed E-state index contributed by atoms with van der Waals surface area (Å²) in [4.78, 5) is 12.9. The van der Waals surface area contributed by atoms with Crippen molar-refractivity contribution in [1.82, 2.24) is 0 Å². The third kappa shape index (κ3) is 11.7. The van der Waals surface area contributed by atoms with Crippen molar-refractivity contribution in [3.8, 4) is 0 Å². The van der Waals surface area contributed by atoms with Crippen LogP contribution in [-0.2, 0) is 21.6 Å². The summed E-state index contributed by atoms with van der Waals surface area (Å²) in [5.74, 6) is -3.38. The van der Waals surface area contributed by atoms with E-state index in [1.807, 2.05) is 25.7 Å². The summed E-state index contributed by atoms with van der Waals surface area (Å²) in [7, 11) is -7.29. The maximum Gasteiger partial charge on any atom is 0.311 e. The quantitative estimate of drug-likeness (QED) is 0.161. The van der Waals surface area contributed by atoms with Crippen LogP contribution < -0.4 is 10.1 Å². The molecule has 0 saturated carbocycles. The minimum absolute atomic E-state index is 0.390. The van der Waals surface area contributed by atoms with Crippen molar-refractivity contribution in [2.45, 2.75) is 71.1 Å². The molecule has 0 aliphatic carbocycles. The van der Waals surface area contributed by atoms with Gasteiger partial charge in [-0.1, -0.05) is 49.8 Å². The highest BCUT2D eigenvalue weighted by Crippen LogP contribution is 2.21. The maximum atomic E-state index is 13.4. The number of rotatable bonds is 16. The summed E-state index contributed by atoms with van der Waals surface area (Å²) in [6.07, 6.45) is -0.465. The third-order valence-electron chi connectivity index (χ3n) is 5.89. The fourth-order valence-corrected chi connectivity index (χ4v) is 19.5. The summed E-state index contributed by atoms with van der Waals surface area (Å²) in [5.41, 5.74) is 0.390. The fourth-order valence-electron chi connectivity index (χ4n) is 3.62. The molecule has 0 radical (unpaired) electrons. The molecule has 0 spiro atoms. The molecule has 206 valence electrons. The number of likely N-dealkylation sites (N-methyl/N-ethyl adjacent to an activating group) is 1. The number of hydrogen-bond donors (Lipinski definition) is 0. The Morgan fingerprint density at radius 3 is 2.22 bits per heavy atom. The van der Waals surface area contributed by atoms with Crippen molar-refractivity contribution >= 4 is 61.7 Å². The average molecular weight is 598 g/mol. The molecule has 36 heavy (non-hydrogen) atoms. The number of carbonyl (C=O) groups excluding carboxylic acids is 1. The normalized spacial score (nSPS) is 15.2. The Hall–Kier alpha value is -0.856. The van der Waals surface area contributed by atoms with E-state index in [-0.39, 0.29) is 0 Å². The van der Waals surface area contributed by atoms with Crippen LogP contribution in [0.3, 0.4) is 0 Å². The van der Waals surface area contributed by atoms with Crippen molar-refractivity contribution in [2.75, 3.05) is 18.6 Å². The first kappa shape index (κ1) is 33.2. The van der Waals surface area contributed by atoms with Gasteiger partial charge in [0.15, 0.2) is 9.04 Å². The molecule has 1 rings (SSSR count). The van der Waals surface area contributed by atoms with E-state index < -0.39 is 62.8 Å². The second-order valence-electron chi connectivity index (χ2n) is 9.56. The number of unbranched alkanes of at least 4 members (excludes halogenated alkanes) is 1. The van der Waals surface area contributed by atoms with Crippen LogP contribution in [0.4, 0.5) is 18.9 Å². The van der Waals surface area contributed by atoms with E-state index in [4.69, 9.17) is 16.8 Å². The van der Waals surface area contributed by atoms with Gasteiger partial charge < -0.3 is 21.7 Å². The number of halogens is 3. The Bertz CT molecular complexity index is 863. The Morgan fingerprint density at radius 2 is 1.61 bits per heavy atom. The molecule has 4 unspecified atom stereocenters. The first-order valence-electron chi connectivity index (χ1n) is 12.5. The molecule has 0 bridgehead atoms. The van der Waals surface area contributed by atoms with E-state index in [1.165, 1.54) is 7.05 Å². The molecule has 0 saturated heterocycles. The molecule has 0 N–H and O–H groups in total. The van der Waals surface area contributed by atoms with E-state index in [0.717, 1.165) is 41.6 Å². The summed E-state index contributed by atoms with van der Waals surface area (Å²) in [5, 5.41) is 1.07.